The van der Waals surface area contributed by atoms with E-state index in [0.29, 0.717) is 11.5 Å². The van der Waals surface area contributed by atoms with Gasteiger partial charge in [-0.25, -0.2) is 4.39 Å². The fraction of sp³-hybridized carbons (Fsp3) is 0.0952. The van der Waals surface area contributed by atoms with E-state index in [-0.39, 0.29) is 17.1 Å². The Morgan fingerprint density at radius 3 is 2.38 bits per heavy atom. The summed E-state index contributed by atoms with van der Waals surface area (Å²) in [4.78, 5) is 14.1. The molecule has 5 heteroatoms. The Morgan fingerprint density at radius 1 is 0.923 bits per heavy atom. The monoisotopic (exact) mass is 365 g/mol. The molecule has 1 heterocycles. The maximum Gasteiger partial charge on any atom is 0.238 e. The molecule has 1 aliphatic heterocycles. The van der Waals surface area contributed by atoms with Gasteiger partial charge >= 0.3 is 0 Å². The molecule has 1 saturated heterocycles. The second-order valence-electron chi connectivity index (χ2n) is 5.89. The van der Waals surface area contributed by atoms with Crippen molar-refractivity contribution < 1.29 is 13.9 Å². The van der Waals surface area contributed by atoms with Gasteiger partial charge in [-0.05, 0) is 54.1 Å². The standard InChI is InChI=1S/C21H16FNO2S/c22-16-6-4-5-15(13-16)21-23(20(24)14-26-21)17-9-11-19(12-10-17)25-18-7-2-1-3-8-18/h1-13,21H,14H2/t21-/m1/s1. The van der Waals surface area contributed by atoms with Crippen LogP contribution in [0, 0.1) is 5.82 Å². The van der Waals surface area contributed by atoms with Crippen LogP contribution in [0.5, 0.6) is 11.5 Å². The molecular formula is C21H16FNO2S. The van der Waals surface area contributed by atoms with Crippen molar-refractivity contribution in [2.75, 3.05) is 10.7 Å². The molecule has 1 aliphatic rings. The largest absolute Gasteiger partial charge is 0.457 e. The lowest BCUT2D eigenvalue weighted by Crippen LogP contribution is -2.27. The lowest BCUT2D eigenvalue weighted by Gasteiger charge is -2.24. The Balaban J connectivity index is 1.58. The van der Waals surface area contributed by atoms with Crippen LogP contribution in [0.25, 0.3) is 0 Å². The SMILES string of the molecule is O=C1CS[C@H](c2cccc(F)c2)N1c1ccc(Oc2ccccc2)cc1. The molecule has 3 aromatic rings. The smallest absolute Gasteiger partial charge is 0.238 e. The van der Waals surface area contributed by atoms with Gasteiger partial charge in [0.1, 0.15) is 22.7 Å². The quantitative estimate of drug-likeness (QED) is 0.620. The molecule has 3 nitrogen and oxygen atoms in total. The van der Waals surface area contributed by atoms with Crippen LogP contribution in [0.2, 0.25) is 0 Å². The molecule has 0 bridgehead atoms. The molecule has 0 radical (unpaired) electrons. The fourth-order valence-corrected chi connectivity index (χ4v) is 4.08. The minimum atomic E-state index is -0.297. The normalized spacial score (nSPS) is 16.7. The number of rotatable bonds is 4. The van der Waals surface area contributed by atoms with Crippen molar-refractivity contribution >= 4 is 23.4 Å². The van der Waals surface area contributed by atoms with Gasteiger partial charge in [-0.3, -0.25) is 9.69 Å². The summed E-state index contributed by atoms with van der Waals surface area (Å²) in [5, 5.41) is -0.223. The van der Waals surface area contributed by atoms with Crippen LogP contribution in [0.1, 0.15) is 10.9 Å². The Labute approximate surface area is 155 Å². The first-order valence-corrected chi connectivity index (χ1v) is 9.28. The molecule has 1 fully saturated rings. The van der Waals surface area contributed by atoms with Crippen LogP contribution >= 0.6 is 11.8 Å². The summed E-state index contributed by atoms with van der Waals surface area (Å²) in [6.45, 7) is 0. The number of hydrogen-bond acceptors (Lipinski definition) is 3. The number of nitrogens with zero attached hydrogens (tertiary/aromatic N) is 1. The van der Waals surface area contributed by atoms with E-state index < -0.39 is 0 Å². The predicted molar refractivity (Wildman–Crippen MR) is 102 cm³/mol. The van der Waals surface area contributed by atoms with Crippen LogP contribution in [-0.2, 0) is 4.79 Å². The second-order valence-corrected chi connectivity index (χ2v) is 6.96. The molecule has 0 saturated carbocycles. The minimum Gasteiger partial charge on any atom is -0.457 e. The zero-order valence-electron chi connectivity index (χ0n) is 13.8. The number of para-hydroxylation sites is 1. The van der Waals surface area contributed by atoms with E-state index >= 15 is 0 Å². The van der Waals surface area contributed by atoms with Crippen LogP contribution in [-0.4, -0.2) is 11.7 Å². The van der Waals surface area contributed by atoms with Gasteiger partial charge < -0.3 is 4.74 Å². The summed E-state index contributed by atoms with van der Waals surface area (Å²) in [6, 6.07) is 23.3. The van der Waals surface area contributed by atoms with Gasteiger partial charge in [-0.1, -0.05) is 30.3 Å². The highest BCUT2D eigenvalue weighted by molar-refractivity contribution is 8.00. The average molecular weight is 365 g/mol. The molecule has 1 amide bonds. The van der Waals surface area contributed by atoms with E-state index in [1.54, 1.807) is 11.0 Å². The van der Waals surface area contributed by atoms with Crippen LogP contribution in [0.4, 0.5) is 10.1 Å². The number of ether oxygens (including phenoxy) is 1. The van der Waals surface area contributed by atoms with E-state index in [1.165, 1.54) is 23.9 Å². The third kappa shape index (κ3) is 3.44. The third-order valence-electron chi connectivity index (χ3n) is 4.10. The molecule has 0 unspecified atom stereocenters. The van der Waals surface area contributed by atoms with E-state index in [0.717, 1.165) is 17.0 Å². The van der Waals surface area contributed by atoms with Crippen molar-refractivity contribution in [3.8, 4) is 11.5 Å². The minimum absolute atomic E-state index is 0.0148. The van der Waals surface area contributed by atoms with Crippen LogP contribution < -0.4 is 9.64 Å². The van der Waals surface area contributed by atoms with Crippen LogP contribution in [0.3, 0.4) is 0 Å². The highest BCUT2D eigenvalue weighted by Crippen LogP contribution is 2.42. The van der Waals surface area contributed by atoms with Gasteiger partial charge in [0.15, 0.2) is 0 Å². The molecular weight excluding hydrogens is 349 g/mol. The topological polar surface area (TPSA) is 29.5 Å². The number of halogens is 1. The van der Waals surface area contributed by atoms with E-state index in [4.69, 9.17) is 4.74 Å². The zero-order valence-corrected chi connectivity index (χ0v) is 14.7. The maximum absolute atomic E-state index is 13.6. The first-order chi connectivity index (χ1) is 12.7. The van der Waals surface area contributed by atoms with Crippen molar-refractivity contribution in [1.29, 1.82) is 0 Å². The van der Waals surface area contributed by atoms with Crippen molar-refractivity contribution in [3.63, 3.8) is 0 Å². The highest BCUT2D eigenvalue weighted by Gasteiger charge is 2.34. The van der Waals surface area contributed by atoms with Gasteiger partial charge in [0.05, 0.1) is 5.75 Å². The number of anilines is 1. The van der Waals surface area contributed by atoms with Crippen molar-refractivity contribution in [2.45, 2.75) is 5.37 Å². The molecule has 4 rings (SSSR count). The van der Waals surface area contributed by atoms with Gasteiger partial charge in [0.25, 0.3) is 0 Å². The Morgan fingerprint density at radius 2 is 1.65 bits per heavy atom. The van der Waals surface area contributed by atoms with E-state index in [1.807, 2.05) is 60.7 Å². The van der Waals surface area contributed by atoms with Crippen LogP contribution in [0.15, 0.2) is 78.9 Å². The van der Waals surface area contributed by atoms with Crippen molar-refractivity contribution in [2.24, 2.45) is 0 Å². The first-order valence-electron chi connectivity index (χ1n) is 8.23. The summed E-state index contributed by atoms with van der Waals surface area (Å²) in [7, 11) is 0. The molecule has 0 spiro atoms. The Bertz CT molecular complexity index is 915. The predicted octanol–water partition coefficient (Wildman–Crippen LogP) is 5.40. The Kier molecular flexibility index (Phi) is 4.63. The third-order valence-corrected chi connectivity index (χ3v) is 5.31. The molecule has 130 valence electrons. The highest BCUT2D eigenvalue weighted by atomic mass is 32.2. The number of amides is 1. The van der Waals surface area contributed by atoms with E-state index in [2.05, 4.69) is 0 Å². The second kappa shape index (κ2) is 7.22. The number of benzene rings is 3. The van der Waals surface area contributed by atoms with Crippen molar-refractivity contribution in [3.05, 3.63) is 90.2 Å². The van der Waals surface area contributed by atoms with Crippen molar-refractivity contribution in [1.82, 2.24) is 0 Å². The molecule has 3 aromatic carbocycles. The average Bonchev–Trinajstić information content (AvgIpc) is 3.05. The Hall–Kier alpha value is -2.79. The summed E-state index contributed by atoms with van der Waals surface area (Å²) >= 11 is 1.50. The van der Waals surface area contributed by atoms with Gasteiger partial charge in [-0.2, -0.15) is 0 Å². The first kappa shape index (κ1) is 16.7. The van der Waals surface area contributed by atoms with Gasteiger partial charge in [-0.15, -0.1) is 11.8 Å². The number of carbonyl (C=O) groups excluding carboxylic acids is 1. The number of thioether (sulfide) groups is 1. The summed E-state index contributed by atoms with van der Waals surface area (Å²) < 4.78 is 19.4. The molecule has 0 aliphatic carbocycles. The van der Waals surface area contributed by atoms with E-state index in [9.17, 15) is 9.18 Å². The summed E-state index contributed by atoms with van der Waals surface area (Å²) in [5.41, 5.74) is 1.56. The molecule has 0 aromatic heterocycles. The number of hydrogen-bond donors (Lipinski definition) is 0. The summed E-state index contributed by atoms with van der Waals surface area (Å²) in [6.07, 6.45) is 0. The lowest BCUT2D eigenvalue weighted by molar-refractivity contribution is -0.115. The molecule has 1 atom stereocenters. The van der Waals surface area contributed by atoms with Gasteiger partial charge in [0, 0.05) is 5.69 Å². The molecule has 0 N–H and O–H groups in total. The number of carbonyl (C=O) groups is 1. The summed E-state index contributed by atoms with van der Waals surface area (Å²) in [5.74, 6) is 1.55. The lowest BCUT2D eigenvalue weighted by atomic mass is 10.2. The van der Waals surface area contributed by atoms with Gasteiger partial charge in [0.2, 0.25) is 5.91 Å². The zero-order chi connectivity index (χ0) is 17.9. The molecule has 26 heavy (non-hydrogen) atoms. The fourth-order valence-electron chi connectivity index (χ4n) is 2.91. The maximum atomic E-state index is 13.6.